The molecule has 0 amide bonds. The van der Waals surface area contributed by atoms with Gasteiger partial charge in [-0.3, -0.25) is 4.99 Å². The van der Waals surface area contributed by atoms with Crippen LogP contribution >= 0.6 is 24.0 Å². The van der Waals surface area contributed by atoms with Gasteiger partial charge in [0.15, 0.2) is 17.5 Å². The van der Waals surface area contributed by atoms with Crippen LogP contribution in [0.2, 0.25) is 0 Å². The van der Waals surface area contributed by atoms with Crippen LogP contribution in [0.3, 0.4) is 0 Å². The molecule has 6 nitrogen and oxygen atoms in total. The Bertz CT molecular complexity index is 830. The molecule has 2 N–H and O–H groups in total. The third kappa shape index (κ3) is 6.69. The van der Waals surface area contributed by atoms with E-state index in [0.717, 1.165) is 5.56 Å². The van der Waals surface area contributed by atoms with Crippen LogP contribution in [-0.4, -0.2) is 52.8 Å². The lowest BCUT2D eigenvalue weighted by molar-refractivity contribution is 0.282. The van der Waals surface area contributed by atoms with E-state index >= 15 is 0 Å². The fourth-order valence-electron chi connectivity index (χ4n) is 2.96. The number of methoxy groups -OCH3 is 2. The number of nitrogens with zero attached hydrogens (tertiary/aromatic N) is 2. The van der Waals surface area contributed by atoms with E-state index in [2.05, 4.69) is 15.6 Å². The highest BCUT2D eigenvalue weighted by atomic mass is 127. The third-order valence-corrected chi connectivity index (χ3v) is 4.55. The van der Waals surface area contributed by atoms with Crippen molar-refractivity contribution in [2.45, 2.75) is 12.6 Å². The van der Waals surface area contributed by atoms with Crippen molar-refractivity contribution < 1.29 is 18.3 Å². The quantitative estimate of drug-likeness (QED) is 0.308. The molecule has 0 aromatic heterocycles. The number of aliphatic imine (C=N–C) groups is 1. The third-order valence-electron chi connectivity index (χ3n) is 4.55. The smallest absolute Gasteiger partial charge is 0.191 e. The van der Waals surface area contributed by atoms with Gasteiger partial charge in [-0.1, -0.05) is 12.1 Å². The van der Waals surface area contributed by atoms with E-state index in [1.54, 1.807) is 40.3 Å². The zero-order chi connectivity index (χ0) is 21.4. The first-order chi connectivity index (χ1) is 13.9. The largest absolute Gasteiger partial charge is 0.493 e. The summed E-state index contributed by atoms with van der Waals surface area (Å²) in [5.41, 5.74) is 0.996. The molecular weight excluding hydrogens is 505 g/mol. The number of halogens is 3. The zero-order valence-corrected chi connectivity index (χ0v) is 20.2. The van der Waals surface area contributed by atoms with Crippen molar-refractivity contribution >= 4 is 29.9 Å². The predicted octanol–water partition coefficient (Wildman–Crippen LogP) is 3.57. The second kappa shape index (κ2) is 12.5. The van der Waals surface area contributed by atoms with Gasteiger partial charge in [-0.25, -0.2) is 8.78 Å². The molecule has 0 spiro atoms. The van der Waals surface area contributed by atoms with Gasteiger partial charge in [0.05, 0.1) is 20.3 Å². The van der Waals surface area contributed by atoms with Gasteiger partial charge in [0, 0.05) is 25.7 Å². The van der Waals surface area contributed by atoms with Crippen LogP contribution in [0.1, 0.15) is 17.2 Å². The Hall–Kier alpha value is -2.14. The summed E-state index contributed by atoms with van der Waals surface area (Å²) < 4.78 is 39.0. The van der Waals surface area contributed by atoms with Gasteiger partial charge in [0.25, 0.3) is 0 Å². The lowest BCUT2D eigenvalue weighted by atomic mass is 10.0. The van der Waals surface area contributed by atoms with Crippen LogP contribution in [-0.2, 0) is 6.54 Å². The minimum Gasteiger partial charge on any atom is -0.493 e. The lowest BCUT2D eigenvalue weighted by Crippen LogP contribution is -2.41. The minimum atomic E-state index is -0.571. The van der Waals surface area contributed by atoms with Gasteiger partial charge in [0.1, 0.15) is 11.6 Å². The SMILES string of the molecule is CN=C(NCc1ccc(OC)c(OC)c1)NCC(c1c(F)cccc1F)N(C)C.I. The van der Waals surface area contributed by atoms with E-state index < -0.39 is 17.7 Å². The number of ether oxygens (including phenoxy) is 2. The molecule has 166 valence electrons. The summed E-state index contributed by atoms with van der Waals surface area (Å²) in [6, 6.07) is 9.00. The van der Waals surface area contributed by atoms with Gasteiger partial charge in [-0.15, -0.1) is 24.0 Å². The molecule has 2 aromatic carbocycles. The highest BCUT2D eigenvalue weighted by molar-refractivity contribution is 14.0. The summed E-state index contributed by atoms with van der Waals surface area (Å²) in [6.07, 6.45) is 0. The molecule has 9 heteroatoms. The first-order valence-electron chi connectivity index (χ1n) is 9.17. The maximum atomic E-state index is 14.2. The van der Waals surface area contributed by atoms with E-state index in [9.17, 15) is 8.78 Å². The van der Waals surface area contributed by atoms with Gasteiger partial charge in [0.2, 0.25) is 0 Å². The molecule has 0 heterocycles. The first kappa shape index (κ1) is 25.9. The van der Waals surface area contributed by atoms with Gasteiger partial charge in [-0.05, 0) is 43.9 Å². The molecule has 1 atom stereocenters. The second-order valence-electron chi connectivity index (χ2n) is 6.61. The van der Waals surface area contributed by atoms with E-state index in [4.69, 9.17) is 9.47 Å². The highest BCUT2D eigenvalue weighted by Gasteiger charge is 2.22. The number of rotatable bonds is 8. The number of nitrogens with one attached hydrogen (secondary N) is 2. The van der Waals surface area contributed by atoms with Crippen LogP contribution < -0.4 is 20.1 Å². The number of guanidine groups is 1. The topological polar surface area (TPSA) is 58.1 Å². The van der Waals surface area contributed by atoms with E-state index in [0.29, 0.717) is 24.0 Å². The molecule has 2 aromatic rings. The number of likely N-dealkylation sites (N-methyl/N-ethyl adjacent to an activating group) is 1. The maximum absolute atomic E-state index is 14.2. The highest BCUT2D eigenvalue weighted by Crippen LogP contribution is 2.27. The summed E-state index contributed by atoms with van der Waals surface area (Å²) >= 11 is 0. The van der Waals surface area contributed by atoms with Crippen LogP contribution in [0, 0.1) is 11.6 Å². The number of hydrogen-bond acceptors (Lipinski definition) is 4. The molecule has 1 unspecified atom stereocenters. The summed E-state index contributed by atoms with van der Waals surface area (Å²) in [6.45, 7) is 0.761. The summed E-state index contributed by atoms with van der Waals surface area (Å²) in [5, 5.41) is 6.32. The van der Waals surface area contributed by atoms with E-state index in [1.165, 1.54) is 18.2 Å². The predicted molar refractivity (Wildman–Crippen MR) is 126 cm³/mol. The van der Waals surface area contributed by atoms with Crippen molar-refractivity contribution in [2.24, 2.45) is 4.99 Å². The average Bonchev–Trinajstić information content (AvgIpc) is 2.71. The van der Waals surface area contributed by atoms with Gasteiger partial charge >= 0.3 is 0 Å². The van der Waals surface area contributed by atoms with Crippen LogP contribution in [0.25, 0.3) is 0 Å². The lowest BCUT2D eigenvalue weighted by Gasteiger charge is -2.26. The van der Waals surface area contributed by atoms with Crippen LogP contribution in [0.15, 0.2) is 41.4 Å². The Balaban J connectivity index is 0.00000450. The van der Waals surface area contributed by atoms with E-state index in [1.807, 2.05) is 18.2 Å². The Morgan fingerprint density at radius 2 is 1.67 bits per heavy atom. The molecule has 0 radical (unpaired) electrons. The number of hydrogen-bond donors (Lipinski definition) is 2. The van der Waals surface area contributed by atoms with Crippen LogP contribution in [0.5, 0.6) is 11.5 Å². The van der Waals surface area contributed by atoms with Crippen molar-refractivity contribution in [2.75, 3.05) is 41.9 Å². The molecule has 0 aliphatic heterocycles. The molecule has 30 heavy (non-hydrogen) atoms. The zero-order valence-electron chi connectivity index (χ0n) is 17.8. The summed E-state index contributed by atoms with van der Waals surface area (Å²) in [7, 11) is 8.36. The van der Waals surface area contributed by atoms with Gasteiger partial charge in [-0.2, -0.15) is 0 Å². The number of benzene rings is 2. The summed E-state index contributed by atoms with van der Waals surface area (Å²) in [5.74, 6) is 0.665. The van der Waals surface area contributed by atoms with Crippen LogP contribution in [0.4, 0.5) is 8.78 Å². The fraction of sp³-hybridized carbons (Fsp3) is 0.381. The molecule has 0 bridgehead atoms. The van der Waals surface area contributed by atoms with Crippen molar-refractivity contribution in [1.29, 1.82) is 0 Å². The standard InChI is InChI=1S/C21H28F2N4O2.HI/c1-24-21(25-12-14-9-10-18(28-4)19(11-14)29-5)26-13-17(27(2)3)20-15(22)7-6-8-16(20)23;/h6-11,17H,12-13H2,1-5H3,(H2,24,25,26);1H. The monoisotopic (exact) mass is 534 g/mol. The average molecular weight is 534 g/mol. The molecule has 0 aliphatic rings. The Morgan fingerprint density at radius 3 is 2.20 bits per heavy atom. The Morgan fingerprint density at radius 1 is 1.03 bits per heavy atom. The van der Waals surface area contributed by atoms with Crippen molar-refractivity contribution in [3.05, 3.63) is 59.2 Å². The maximum Gasteiger partial charge on any atom is 0.191 e. The fourth-order valence-corrected chi connectivity index (χ4v) is 2.96. The molecule has 0 fully saturated rings. The molecule has 0 aliphatic carbocycles. The van der Waals surface area contributed by atoms with Crippen molar-refractivity contribution in [3.8, 4) is 11.5 Å². The minimum absolute atomic E-state index is 0. The van der Waals surface area contributed by atoms with Crippen molar-refractivity contribution in [3.63, 3.8) is 0 Å². The molecule has 2 rings (SSSR count). The summed E-state index contributed by atoms with van der Waals surface area (Å²) in [4.78, 5) is 5.94. The first-order valence-corrected chi connectivity index (χ1v) is 9.17. The molecular formula is C21H29F2IN4O2. The molecule has 0 saturated carbocycles. The Labute approximate surface area is 193 Å². The molecule has 0 saturated heterocycles. The van der Waals surface area contributed by atoms with Gasteiger partial charge < -0.3 is 25.0 Å². The second-order valence-corrected chi connectivity index (χ2v) is 6.61. The van der Waals surface area contributed by atoms with E-state index in [-0.39, 0.29) is 36.1 Å². The van der Waals surface area contributed by atoms with Crippen molar-refractivity contribution in [1.82, 2.24) is 15.5 Å². The Kier molecular flexibility index (Phi) is 10.8. The normalized spacial score (nSPS) is 12.2.